The molecular formula is C108H151Br2N8NaO15. The Morgan fingerprint density at radius 1 is 0.500 bits per heavy atom. The summed E-state index contributed by atoms with van der Waals surface area (Å²) >= 11 is 6.78. The first-order valence-corrected chi connectivity index (χ1v) is 49.4. The third kappa shape index (κ3) is 38.9. The fourth-order valence-electron chi connectivity index (χ4n) is 17.5. The van der Waals surface area contributed by atoms with Gasteiger partial charge >= 0.3 is 47.5 Å². The molecule has 0 unspecified atom stereocenters. The molecule has 8 aliphatic rings. The zero-order valence-corrected chi connectivity index (χ0v) is 86.9. The second-order valence-electron chi connectivity index (χ2n) is 35.0. The third-order valence-electron chi connectivity index (χ3n) is 24.7. The number of nitrogens with zero attached hydrogens (tertiary/aromatic N) is 7. The third-order valence-corrected chi connectivity index (χ3v) is 26.0. The molecule has 2 aliphatic carbocycles. The van der Waals surface area contributed by atoms with Crippen molar-refractivity contribution in [2.24, 2.45) is 35.5 Å². The Morgan fingerprint density at radius 3 is 1.34 bits per heavy atom. The SMILES string of the molecule is C=CC[C@H](C)C(=O)N1CCC[C@H]1/C=C/CN(C(C)=O)c1ccccc1Br.C=CC[C@H](C)C(=O)N1CCC[C@H]1/C=C/CO.C=CC[C@H](C)C(=O)N1CCC[C@H]1C(=O)OCC.C=CC[C@H](C)C(=O)N1CCC[C@H]1CC1=CCc2ccccc21.C=CC[C@H](C)C(=O)O.CC(=O)[N-]c1ccccc1Br.CCOC(=O)[C@@H]1CCCN1.C[C@@H](CCCO)C(=O)N1CCC[C@H]1CC1=CCc2ccccc21.[Na+]. The number of aliphatic hydroxyl groups excluding tert-OH is 2. The van der Waals surface area contributed by atoms with Crippen LogP contribution in [0.4, 0.5) is 11.4 Å². The maximum atomic E-state index is 12.7. The number of hydrogen-bond acceptors (Lipinski definition) is 15. The number of carbonyl (C=O) groups is 10. The van der Waals surface area contributed by atoms with Crippen LogP contribution in [0.2, 0.25) is 0 Å². The summed E-state index contributed by atoms with van der Waals surface area (Å²) in [4.78, 5) is 129. The molecule has 4 aromatic rings. The van der Waals surface area contributed by atoms with Gasteiger partial charge in [0.1, 0.15) is 12.1 Å². The molecule has 6 saturated heterocycles. The Balaban J connectivity index is 0.000000328. The normalized spacial score (nSPS) is 19.4. The van der Waals surface area contributed by atoms with Crippen LogP contribution in [0.1, 0.15) is 226 Å². The first kappa shape index (κ1) is 117. The number of carboxylic acid groups (broad SMARTS) is 1. The predicted molar refractivity (Wildman–Crippen MR) is 542 cm³/mol. The maximum absolute atomic E-state index is 12.7. The van der Waals surface area contributed by atoms with Crippen molar-refractivity contribution in [3.8, 4) is 0 Å². The molecule has 0 bridgehead atoms. The van der Waals surface area contributed by atoms with Gasteiger partial charge in [-0.25, -0.2) is 4.79 Å². The van der Waals surface area contributed by atoms with Gasteiger partial charge < -0.3 is 69.6 Å². The van der Waals surface area contributed by atoms with E-state index in [1.54, 1.807) is 67.0 Å². The number of para-hydroxylation sites is 2. The molecule has 7 amide bonds. The number of allylic oxidation sites excluding steroid dienone is 7. The number of amides is 7. The van der Waals surface area contributed by atoms with E-state index in [2.05, 4.69) is 152 Å². The van der Waals surface area contributed by atoms with Crippen molar-refractivity contribution in [3.63, 3.8) is 0 Å². The van der Waals surface area contributed by atoms with Gasteiger partial charge in [-0.1, -0.05) is 203 Å². The minimum Gasteiger partial charge on any atom is -0.626 e. The van der Waals surface area contributed by atoms with Crippen LogP contribution in [0, 0.1) is 35.5 Å². The van der Waals surface area contributed by atoms with Crippen molar-refractivity contribution >= 4 is 114 Å². The number of nitrogens with one attached hydrogen (secondary N) is 1. The van der Waals surface area contributed by atoms with Crippen LogP contribution >= 0.6 is 31.9 Å². The average Bonchev–Trinajstić information content (AvgIpc) is 1.67. The fraction of sp³-hybridized carbons (Fsp3) is 0.519. The van der Waals surface area contributed by atoms with E-state index in [0.717, 1.165) is 163 Å². The van der Waals surface area contributed by atoms with Gasteiger partial charge in [-0.2, -0.15) is 0 Å². The topological polar surface area (TPSA) is 295 Å². The van der Waals surface area contributed by atoms with Gasteiger partial charge in [0.05, 0.1) is 49.4 Å². The van der Waals surface area contributed by atoms with Gasteiger partial charge in [0.25, 0.3) is 0 Å². The number of fused-ring (bicyclic) bond motifs is 2. The molecule has 0 spiro atoms. The molecule has 728 valence electrons. The van der Waals surface area contributed by atoms with Gasteiger partial charge in [-0.05, 0) is 243 Å². The minimum absolute atomic E-state index is 0. The standard InChI is InChI=1S/C21H27BrN2O2.C20H27NO2.C20H25NO.C13H21NO3.C13H21NO2.C8H8BrNO.C7H13NO2.C6H10O2.Na/c1-4-9-16(2)21(26)24-15-8-11-18(24)10-7-14-23(17(3)25)20-13-6-5-12-19(20)22;1-15(6-5-13-22)20(23)21-12-4-8-18(21)14-17-11-10-16-7-2-3-9-19(16)17;1-3-7-15(2)20(22)21-13-6-9-18(21)14-17-12-11-16-8-4-5-10-19(16)17;1-4-7-10(3)12(15)14-9-6-8-11(14)13(16)17-5-2;1-3-6-11(2)13(16)14-9-4-7-12(14)8-5-10-15;1-6(11)10-8-5-3-2-4-7(8)9;1-2-10-7(9)6-4-3-5-8-6;1-3-4-5(2)6(7)8;/h4-7,10,12-13,16,18H,1,8-9,11,14-15H2,2-3H3;2-3,7,9,11,15,18,22H,4-6,8,10,12-14H2,1H3;3-5,8,10,12,15,18H,1,6-7,9,11,13-14H2,2H3;4,10-11H,1,5-9H2,2-3H3;3,5,8,11-12,15H,1,4,6-7,9-10H2,2H3;2-5H,1H3,(H,10,11);6,8H,2-5H2,1H3;3,5H,1,4H2,2H3,(H,7,8);/q;;;;;;;;+1/p-1/b10-7+;;;;8-5+;;;;/t16-,18+;2*15-,18-;10-,11-;11-,12-;;6-;5-;/m00000.00./s1. The first-order valence-electron chi connectivity index (χ1n) is 47.9. The van der Waals surface area contributed by atoms with E-state index >= 15 is 0 Å². The molecule has 6 aliphatic heterocycles. The number of benzene rings is 4. The molecule has 0 radical (unpaired) electrons. The molecule has 26 heteroatoms. The molecule has 4 aromatic carbocycles. The Bertz CT molecular complexity index is 4540. The Labute approximate surface area is 838 Å². The van der Waals surface area contributed by atoms with Gasteiger partial charge in [0, 0.05) is 103 Å². The largest absolute Gasteiger partial charge is 1.00 e. The number of halogens is 2. The van der Waals surface area contributed by atoms with E-state index in [0.29, 0.717) is 82.1 Å². The van der Waals surface area contributed by atoms with Gasteiger partial charge in [-0.3, -0.25) is 38.4 Å². The number of carboxylic acids is 1. The maximum Gasteiger partial charge on any atom is 1.00 e. The van der Waals surface area contributed by atoms with Gasteiger partial charge in [0.2, 0.25) is 35.4 Å². The summed E-state index contributed by atoms with van der Waals surface area (Å²) in [6.45, 7) is 42.8. The molecule has 12 rings (SSSR count). The molecular weight excluding hydrogens is 1830 g/mol. The Kier molecular flexibility index (Phi) is 56.9. The summed E-state index contributed by atoms with van der Waals surface area (Å²) in [5, 5.41) is 32.8. The van der Waals surface area contributed by atoms with Crippen molar-refractivity contribution in [3.05, 3.63) is 233 Å². The minimum atomic E-state index is -0.759. The zero-order valence-electron chi connectivity index (χ0n) is 81.7. The Hall–Kier alpha value is -8.92. The molecule has 0 aromatic heterocycles. The number of hydrogen-bond donors (Lipinski definition) is 4. The summed E-state index contributed by atoms with van der Waals surface area (Å²) in [5.74, 6) is -0.674. The van der Waals surface area contributed by atoms with E-state index in [4.69, 9.17) is 24.8 Å². The van der Waals surface area contributed by atoms with E-state index < -0.39 is 5.97 Å². The summed E-state index contributed by atoms with van der Waals surface area (Å²) < 4.78 is 11.5. The smallest absolute Gasteiger partial charge is 0.626 e. The molecule has 23 nitrogen and oxygen atoms in total. The second-order valence-corrected chi connectivity index (χ2v) is 36.7. The van der Waals surface area contributed by atoms with E-state index in [-0.39, 0.29) is 150 Å². The zero-order chi connectivity index (χ0) is 97.9. The van der Waals surface area contributed by atoms with Crippen molar-refractivity contribution in [2.75, 3.05) is 77.1 Å². The van der Waals surface area contributed by atoms with E-state index in [1.807, 2.05) is 112 Å². The summed E-state index contributed by atoms with van der Waals surface area (Å²) in [6, 6.07) is 32.9. The fourth-order valence-corrected chi connectivity index (χ4v) is 18.3. The molecule has 6 fully saturated rings. The van der Waals surface area contributed by atoms with Crippen LogP contribution < -0.4 is 39.8 Å². The Morgan fingerprint density at radius 2 is 0.910 bits per heavy atom. The molecule has 134 heavy (non-hydrogen) atoms. The van der Waals surface area contributed by atoms with Crippen molar-refractivity contribution in [1.82, 2.24) is 29.8 Å². The van der Waals surface area contributed by atoms with Gasteiger partial charge in [-0.15, -0.1) is 38.6 Å². The summed E-state index contributed by atoms with van der Waals surface area (Å²) in [7, 11) is 0. The van der Waals surface area contributed by atoms with Gasteiger partial charge in [0.15, 0.2) is 0 Å². The number of ether oxygens (including phenoxy) is 2. The number of carbonyl (C=O) groups excluding carboxylic acids is 9. The number of likely N-dealkylation sites (tertiary alicyclic amines) is 5. The second kappa shape index (κ2) is 65.0. The van der Waals surface area contributed by atoms with E-state index in [1.165, 1.54) is 40.3 Å². The van der Waals surface area contributed by atoms with E-state index in [9.17, 15) is 47.9 Å². The average molecular weight is 1980 g/mol. The quantitative estimate of drug-likeness (QED) is 0.0192. The summed E-state index contributed by atoms with van der Waals surface area (Å²) in [5.41, 5.74) is 9.97. The van der Waals surface area contributed by atoms with Crippen LogP contribution in [0.25, 0.3) is 16.5 Å². The monoisotopic (exact) mass is 1980 g/mol. The number of rotatable bonds is 34. The number of esters is 2. The predicted octanol–water partition coefficient (Wildman–Crippen LogP) is 17.3. The van der Waals surface area contributed by atoms with Crippen LogP contribution in [0.3, 0.4) is 0 Å². The van der Waals surface area contributed by atoms with Crippen LogP contribution in [0.15, 0.2) is 206 Å². The van der Waals surface area contributed by atoms with Crippen molar-refractivity contribution in [2.45, 2.75) is 253 Å². The van der Waals surface area contributed by atoms with Crippen molar-refractivity contribution in [1.29, 1.82) is 0 Å². The molecule has 12 atom stereocenters. The van der Waals surface area contributed by atoms with Crippen LogP contribution in [-0.2, 0) is 70.3 Å². The van der Waals surface area contributed by atoms with Crippen molar-refractivity contribution < 1.29 is 102 Å². The number of anilines is 1. The molecule has 4 N–H and O–H groups in total. The van der Waals surface area contributed by atoms with Crippen LogP contribution in [0.5, 0.6) is 0 Å². The summed E-state index contributed by atoms with van der Waals surface area (Å²) in [6.07, 6.45) is 42.2. The van der Waals surface area contributed by atoms with Crippen LogP contribution in [-0.4, -0.2) is 208 Å². The first-order chi connectivity index (χ1) is 63.9. The molecule has 0 saturated carbocycles. The number of aliphatic hydroxyl groups is 2. The number of aliphatic carboxylic acids is 1. The molecule has 6 heterocycles.